The predicted molar refractivity (Wildman–Crippen MR) is 163 cm³/mol. The maximum Gasteiger partial charge on any atom is 0.253 e. The fraction of sp³-hybridized carbons (Fsp3) is 0.400. The van der Waals surface area contributed by atoms with Gasteiger partial charge in [-0.3, -0.25) is 14.5 Å². The summed E-state index contributed by atoms with van der Waals surface area (Å²) >= 11 is 0. The molecule has 2 fully saturated rings. The van der Waals surface area contributed by atoms with Crippen LogP contribution in [0.1, 0.15) is 70.0 Å². The summed E-state index contributed by atoms with van der Waals surface area (Å²) in [6, 6.07) is 25.5. The van der Waals surface area contributed by atoms with Gasteiger partial charge in [0.1, 0.15) is 5.75 Å². The largest absolute Gasteiger partial charge is 0.494 e. The molecule has 2 amide bonds. The summed E-state index contributed by atoms with van der Waals surface area (Å²) in [5.41, 5.74) is 4.40. The van der Waals surface area contributed by atoms with Crippen LogP contribution in [-0.4, -0.2) is 60.4 Å². The van der Waals surface area contributed by atoms with Gasteiger partial charge < -0.3 is 15.0 Å². The standard InChI is InChI=1S/C35H40N4O3/c1-2-42-33-13-7-26(8-14-33)23-27-15-21-39(22-16-27)35(41)31-11-9-30(10-12-31)34(40)37-32-17-19-38(20-18-32)25-29-5-3-28(24-36)4-6-29/h3-14,27,32H,2,15-23,25H2,1H3,(H,37,40). The minimum Gasteiger partial charge on any atom is -0.494 e. The Morgan fingerprint density at radius 2 is 1.45 bits per heavy atom. The van der Waals surface area contributed by atoms with Crippen molar-refractivity contribution in [1.29, 1.82) is 5.26 Å². The minimum atomic E-state index is -0.0883. The molecule has 5 rings (SSSR count). The summed E-state index contributed by atoms with van der Waals surface area (Å²) in [6.45, 7) is 6.85. The zero-order valence-electron chi connectivity index (χ0n) is 24.4. The van der Waals surface area contributed by atoms with Crippen LogP contribution in [-0.2, 0) is 13.0 Å². The maximum atomic E-state index is 13.1. The van der Waals surface area contributed by atoms with E-state index >= 15 is 0 Å². The number of benzene rings is 3. The smallest absolute Gasteiger partial charge is 0.253 e. The van der Waals surface area contributed by atoms with E-state index in [1.165, 1.54) is 11.1 Å². The number of hydrogen-bond donors (Lipinski definition) is 1. The lowest BCUT2D eigenvalue weighted by molar-refractivity contribution is 0.0690. The molecule has 2 aliphatic rings. The van der Waals surface area contributed by atoms with Crippen LogP contribution < -0.4 is 10.1 Å². The van der Waals surface area contributed by atoms with Gasteiger partial charge >= 0.3 is 0 Å². The highest BCUT2D eigenvalue weighted by atomic mass is 16.5. The number of ether oxygens (including phenoxy) is 1. The van der Waals surface area contributed by atoms with E-state index in [9.17, 15) is 9.59 Å². The van der Waals surface area contributed by atoms with Gasteiger partial charge in [-0.15, -0.1) is 0 Å². The molecule has 0 aromatic heterocycles. The lowest BCUT2D eigenvalue weighted by Crippen LogP contribution is -2.44. The molecular weight excluding hydrogens is 524 g/mol. The van der Waals surface area contributed by atoms with E-state index in [2.05, 4.69) is 28.4 Å². The first-order chi connectivity index (χ1) is 20.5. The highest BCUT2D eigenvalue weighted by Crippen LogP contribution is 2.24. The Kier molecular flexibility index (Phi) is 9.89. The van der Waals surface area contributed by atoms with E-state index in [0.717, 1.165) is 70.6 Å². The average molecular weight is 565 g/mol. The molecule has 2 heterocycles. The molecule has 3 aromatic rings. The van der Waals surface area contributed by atoms with Crippen molar-refractivity contribution in [2.75, 3.05) is 32.8 Å². The fourth-order valence-corrected chi connectivity index (χ4v) is 5.96. The number of nitrogens with one attached hydrogen (secondary N) is 1. The van der Waals surface area contributed by atoms with E-state index in [0.29, 0.717) is 29.2 Å². The normalized spacial score (nSPS) is 16.5. The molecule has 218 valence electrons. The van der Waals surface area contributed by atoms with Crippen molar-refractivity contribution in [2.24, 2.45) is 5.92 Å². The maximum absolute atomic E-state index is 13.1. The molecule has 0 spiro atoms. The molecule has 42 heavy (non-hydrogen) atoms. The van der Waals surface area contributed by atoms with Gasteiger partial charge in [0.05, 0.1) is 18.2 Å². The van der Waals surface area contributed by atoms with Crippen LogP contribution in [0.3, 0.4) is 0 Å². The second-order valence-electron chi connectivity index (χ2n) is 11.4. The molecule has 0 bridgehead atoms. The van der Waals surface area contributed by atoms with Crippen molar-refractivity contribution < 1.29 is 14.3 Å². The Balaban J connectivity index is 1.04. The fourth-order valence-electron chi connectivity index (χ4n) is 5.96. The molecule has 2 saturated heterocycles. The lowest BCUT2D eigenvalue weighted by atomic mass is 9.90. The van der Waals surface area contributed by atoms with Crippen molar-refractivity contribution >= 4 is 11.8 Å². The average Bonchev–Trinajstić information content (AvgIpc) is 3.03. The van der Waals surface area contributed by atoms with Gasteiger partial charge in [-0.2, -0.15) is 5.26 Å². The monoisotopic (exact) mass is 564 g/mol. The summed E-state index contributed by atoms with van der Waals surface area (Å²) < 4.78 is 5.54. The minimum absolute atomic E-state index is 0.0381. The molecular formula is C35H40N4O3. The quantitative estimate of drug-likeness (QED) is 0.374. The predicted octanol–water partition coefficient (Wildman–Crippen LogP) is 5.45. The van der Waals surface area contributed by atoms with Crippen molar-refractivity contribution in [3.63, 3.8) is 0 Å². The number of likely N-dealkylation sites (tertiary alicyclic amines) is 2. The van der Waals surface area contributed by atoms with Crippen LogP contribution >= 0.6 is 0 Å². The van der Waals surface area contributed by atoms with Crippen molar-refractivity contribution in [1.82, 2.24) is 15.1 Å². The molecule has 0 aliphatic carbocycles. The van der Waals surface area contributed by atoms with Crippen LogP contribution in [0.5, 0.6) is 5.75 Å². The van der Waals surface area contributed by atoms with Crippen molar-refractivity contribution in [3.8, 4) is 11.8 Å². The van der Waals surface area contributed by atoms with E-state index in [1.807, 2.05) is 48.2 Å². The number of nitrogens with zero attached hydrogens (tertiary/aromatic N) is 3. The number of nitriles is 1. The number of carbonyl (C=O) groups is 2. The van der Waals surface area contributed by atoms with Gasteiger partial charge in [-0.05, 0) is 105 Å². The number of piperidine rings is 2. The van der Waals surface area contributed by atoms with Gasteiger partial charge in [0.25, 0.3) is 11.8 Å². The second-order valence-corrected chi connectivity index (χ2v) is 11.4. The second kappa shape index (κ2) is 14.2. The third-order valence-electron chi connectivity index (χ3n) is 8.47. The third kappa shape index (κ3) is 7.77. The van der Waals surface area contributed by atoms with E-state index < -0.39 is 0 Å². The molecule has 7 nitrogen and oxygen atoms in total. The highest BCUT2D eigenvalue weighted by Gasteiger charge is 2.25. The lowest BCUT2D eigenvalue weighted by Gasteiger charge is -2.32. The SMILES string of the molecule is CCOc1ccc(CC2CCN(C(=O)c3ccc(C(=O)NC4CCN(Cc5ccc(C#N)cc5)CC4)cc3)CC2)cc1. The van der Waals surface area contributed by atoms with Crippen molar-refractivity contribution in [3.05, 3.63) is 101 Å². The van der Waals surface area contributed by atoms with Crippen molar-refractivity contribution in [2.45, 2.75) is 51.6 Å². The number of hydrogen-bond acceptors (Lipinski definition) is 5. The molecule has 7 heteroatoms. The molecule has 0 atom stereocenters. The van der Waals surface area contributed by atoms with Gasteiger partial charge in [0.15, 0.2) is 0 Å². The van der Waals surface area contributed by atoms with Crippen LogP contribution in [0.2, 0.25) is 0 Å². The van der Waals surface area contributed by atoms with Gasteiger partial charge in [-0.1, -0.05) is 24.3 Å². The van der Waals surface area contributed by atoms with E-state index in [4.69, 9.17) is 10.00 Å². The summed E-state index contributed by atoms with van der Waals surface area (Å²) in [6.07, 6.45) is 4.80. The van der Waals surface area contributed by atoms with Gasteiger partial charge in [0, 0.05) is 49.9 Å². The van der Waals surface area contributed by atoms with Gasteiger partial charge in [-0.25, -0.2) is 0 Å². The Bertz CT molecular complexity index is 1360. The summed E-state index contributed by atoms with van der Waals surface area (Å²) in [4.78, 5) is 30.4. The molecule has 1 N–H and O–H groups in total. The number of amides is 2. The first-order valence-electron chi connectivity index (χ1n) is 15.1. The van der Waals surface area contributed by atoms with Crippen LogP contribution in [0, 0.1) is 17.2 Å². The summed E-state index contributed by atoms with van der Waals surface area (Å²) in [5, 5.41) is 12.2. The number of rotatable bonds is 9. The summed E-state index contributed by atoms with van der Waals surface area (Å²) in [5.74, 6) is 1.43. The molecule has 2 aliphatic heterocycles. The first kappa shape index (κ1) is 29.3. The van der Waals surface area contributed by atoms with Crippen LogP contribution in [0.25, 0.3) is 0 Å². The molecule has 0 unspecified atom stereocenters. The van der Waals surface area contributed by atoms with E-state index in [-0.39, 0.29) is 17.9 Å². The topological polar surface area (TPSA) is 85.7 Å². The first-order valence-corrected chi connectivity index (χ1v) is 15.1. The molecule has 0 radical (unpaired) electrons. The Hall–Kier alpha value is -4.15. The number of carbonyl (C=O) groups excluding carboxylic acids is 2. The van der Waals surface area contributed by atoms with Crippen LogP contribution in [0.4, 0.5) is 0 Å². The molecule has 3 aromatic carbocycles. The Morgan fingerprint density at radius 3 is 2.07 bits per heavy atom. The zero-order chi connectivity index (χ0) is 29.3. The van der Waals surface area contributed by atoms with Gasteiger partial charge in [0.2, 0.25) is 0 Å². The molecule has 0 saturated carbocycles. The third-order valence-corrected chi connectivity index (χ3v) is 8.47. The Labute approximate surface area is 249 Å². The Morgan fingerprint density at radius 1 is 0.833 bits per heavy atom. The van der Waals surface area contributed by atoms with E-state index in [1.54, 1.807) is 24.3 Å². The zero-order valence-corrected chi connectivity index (χ0v) is 24.4. The summed E-state index contributed by atoms with van der Waals surface area (Å²) in [7, 11) is 0. The highest BCUT2D eigenvalue weighted by molar-refractivity contribution is 5.98. The van der Waals surface area contributed by atoms with Crippen LogP contribution in [0.15, 0.2) is 72.8 Å².